The minimum absolute atomic E-state index is 0. The number of aliphatic carboxylic acids is 1. The number of aliphatic hydroxyl groups is 1. The van der Waals surface area contributed by atoms with Crippen LogP contribution in [-0.4, -0.2) is 17.2 Å². The van der Waals surface area contributed by atoms with Crippen LogP contribution in [0.5, 0.6) is 0 Å². The molecule has 0 bridgehead atoms. The third-order valence-corrected chi connectivity index (χ3v) is 1.60. The van der Waals surface area contributed by atoms with Crippen molar-refractivity contribution in [2.75, 3.05) is 0 Å². The van der Waals surface area contributed by atoms with E-state index in [4.69, 9.17) is 5.11 Å². The molecule has 0 fully saturated rings. The molecule has 4 heteroatoms. The van der Waals surface area contributed by atoms with Crippen LogP contribution in [0.3, 0.4) is 0 Å². The zero-order valence-corrected chi connectivity index (χ0v) is 8.54. The zero-order valence-electron chi connectivity index (χ0n) is 6.54. The minimum Gasteiger partial charge on any atom is -0.545 e. The van der Waals surface area contributed by atoms with Gasteiger partial charge >= 0.3 is 29.6 Å². The van der Waals surface area contributed by atoms with E-state index >= 15 is 0 Å². The normalized spacial score (nSPS) is 23.4. The van der Waals surface area contributed by atoms with Crippen LogP contribution in [0.2, 0.25) is 0 Å². The standard InChI is InChI=1S/C7H10O3.Na/c8-6-3-1-2-5(4-6)7(9)10;/h4,6,8H,1-3H2,(H,9,10);/q;+1/p-1. The fourth-order valence-corrected chi connectivity index (χ4v) is 1.07. The van der Waals surface area contributed by atoms with Crippen molar-refractivity contribution in [2.24, 2.45) is 0 Å². The molecule has 1 aliphatic rings. The van der Waals surface area contributed by atoms with Gasteiger partial charge in [-0.2, -0.15) is 0 Å². The van der Waals surface area contributed by atoms with Gasteiger partial charge in [0.2, 0.25) is 0 Å². The quantitative estimate of drug-likeness (QED) is 0.404. The predicted octanol–water partition coefficient (Wildman–Crippen LogP) is -3.79. The van der Waals surface area contributed by atoms with Crippen molar-refractivity contribution in [2.45, 2.75) is 25.4 Å². The number of hydrogen-bond donors (Lipinski definition) is 1. The molecule has 11 heavy (non-hydrogen) atoms. The number of carboxylic acids is 1. The van der Waals surface area contributed by atoms with Gasteiger partial charge in [0.1, 0.15) is 0 Å². The average molecular weight is 164 g/mol. The summed E-state index contributed by atoms with van der Waals surface area (Å²) < 4.78 is 0. The summed E-state index contributed by atoms with van der Waals surface area (Å²) in [6, 6.07) is 0. The maximum Gasteiger partial charge on any atom is 1.00 e. The Morgan fingerprint density at radius 1 is 1.73 bits per heavy atom. The van der Waals surface area contributed by atoms with Gasteiger partial charge < -0.3 is 15.0 Å². The molecule has 0 saturated carbocycles. The van der Waals surface area contributed by atoms with Gasteiger partial charge in [-0.15, -0.1) is 0 Å². The van der Waals surface area contributed by atoms with Gasteiger partial charge in [-0.05, 0) is 24.8 Å². The van der Waals surface area contributed by atoms with E-state index in [0.29, 0.717) is 12.8 Å². The molecule has 0 radical (unpaired) electrons. The summed E-state index contributed by atoms with van der Waals surface area (Å²) in [4.78, 5) is 10.2. The average Bonchev–Trinajstić information content (AvgIpc) is 1.88. The van der Waals surface area contributed by atoms with Crippen molar-refractivity contribution in [3.8, 4) is 0 Å². The summed E-state index contributed by atoms with van der Waals surface area (Å²) in [7, 11) is 0. The van der Waals surface area contributed by atoms with Crippen LogP contribution in [0.25, 0.3) is 0 Å². The van der Waals surface area contributed by atoms with E-state index in [1.807, 2.05) is 0 Å². The first-order valence-corrected chi connectivity index (χ1v) is 3.30. The molecule has 0 aromatic carbocycles. The molecular weight excluding hydrogens is 155 g/mol. The first-order chi connectivity index (χ1) is 4.70. The molecule has 56 valence electrons. The Morgan fingerprint density at radius 3 is 2.73 bits per heavy atom. The van der Waals surface area contributed by atoms with Crippen LogP contribution in [-0.2, 0) is 4.79 Å². The zero-order chi connectivity index (χ0) is 7.56. The third kappa shape index (κ3) is 3.38. The molecule has 1 rings (SSSR count). The van der Waals surface area contributed by atoms with Gasteiger partial charge in [0.05, 0.1) is 12.1 Å². The molecule has 0 aliphatic heterocycles. The number of carbonyl (C=O) groups excluding carboxylic acids is 1. The van der Waals surface area contributed by atoms with Gasteiger partial charge in [0.25, 0.3) is 0 Å². The van der Waals surface area contributed by atoms with Crippen molar-refractivity contribution >= 4 is 5.97 Å². The third-order valence-electron chi connectivity index (χ3n) is 1.60. The minimum atomic E-state index is -1.15. The Kier molecular flexibility index (Phi) is 5.01. The molecule has 0 aromatic heterocycles. The van der Waals surface area contributed by atoms with Crippen molar-refractivity contribution in [3.63, 3.8) is 0 Å². The van der Waals surface area contributed by atoms with E-state index < -0.39 is 12.1 Å². The number of carboxylic acid groups (broad SMARTS) is 1. The van der Waals surface area contributed by atoms with Crippen LogP contribution >= 0.6 is 0 Å². The molecule has 1 aliphatic carbocycles. The molecule has 0 heterocycles. The maximum atomic E-state index is 10.2. The summed E-state index contributed by atoms with van der Waals surface area (Å²) in [5.41, 5.74) is 0.235. The Morgan fingerprint density at radius 2 is 2.36 bits per heavy atom. The van der Waals surface area contributed by atoms with Crippen molar-refractivity contribution < 1.29 is 44.6 Å². The maximum absolute atomic E-state index is 10.2. The van der Waals surface area contributed by atoms with E-state index in [1.54, 1.807) is 0 Å². The first kappa shape index (κ1) is 11.2. The molecule has 1 atom stereocenters. The summed E-state index contributed by atoms with van der Waals surface area (Å²) >= 11 is 0. The smallest absolute Gasteiger partial charge is 0.545 e. The molecule has 0 aromatic rings. The summed E-state index contributed by atoms with van der Waals surface area (Å²) in [5, 5.41) is 19.2. The Balaban J connectivity index is 0.000001000. The van der Waals surface area contributed by atoms with Gasteiger partial charge in [0, 0.05) is 0 Å². The Labute approximate surface area is 87.4 Å². The van der Waals surface area contributed by atoms with Crippen LogP contribution in [0.4, 0.5) is 0 Å². The number of hydrogen-bond acceptors (Lipinski definition) is 3. The van der Waals surface area contributed by atoms with Gasteiger partial charge in [0.15, 0.2) is 0 Å². The second-order valence-electron chi connectivity index (χ2n) is 2.44. The van der Waals surface area contributed by atoms with E-state index in [2.05, 4.69) is 0 Å². The summed E-state index contributed by atoms with van der Waals surface area (Å²) in [5.74, 6) is -1.15. The SMILES string of the molecule is O=C([O-])C1=CC(O)CCC1.[Na+]. The fraction of sp³-hybridized carbons (Fsp3) is 0.571. The van der Waals surface area contributed by atoms with E-state index in [9.17, 15) is 9.90 Å². The van der Waals surface area contributed by atoms with Gasteiger partial charge in [-0.25, -0.2) is 0 Å². The molecule has 1 N–H and O–H groups in total. The molecule has 3 nitrogen and oxygen atoms in total. The van der Waals surface area contributed by atoms with E-state index in [0.717, 1.165) is 6.42 Å². The summed E-state index contributed by atoms with van der Waals surface area (Å²) in [6.45, 7) is 0. The van der Waals surface area contributed by atoms with E-state index in [-0.39, 0.29) is 35.1 Å². The fourth-order valence-electron chi connectivity index (χ4n) is 1.07. The number of carbonyl (C=O) groups is 1. The monoisotopic (exact) mass is 164 g/mol. The summed E-state index contributed by atoms with van der Waals surface area (Å²) in [6.07, 6.45) is 2.71. The van der Waals surface area contributed by atoms with Crippen molar-refractivity contribution in [1.29, 1.82) is 0 Å². The first-order valence-electron chi connectivity index (χ1n) is 3.30. The Bertz CT molecular complexity index is 177. The molecule has 1 unspecified atom stereocenters. The molecular formula is C7H9NaO3. The second-order valence-corrected chi connectivity index (χ2v) is 2.44. The molecule has 0 saturated heterocycles. The molecule has 0 spiro atoms. The number of aliphatic hydroxyl groups excluding tert-OH is 1. The largest absolute Gasteiger partial charge is 1.00 e. The molecule has 0 amide bonds. The van der Waals surface area contributed by atoms with Crippen LogP contribution in [0.1, 0.15) is 19.3 Å². The van der Waals surface area contributed by atoms with Crippen molar-refractivity contribution in [3.05, 3.63) is 11.6 Å². The van der Waals surface area contributed by atoms with Crippen LogP contribution < -0.4 is 34.7 Å². The van der Waals surface area contributed by atoms with Gasteiger partial charge in [-0.1, -0.05) is 6.08 Å². The van der Waals surface area contributed by atoms with Crippen LogP contribution in [0.15, 0.2) is 11.6 Å². The van der Waals surface area contributed by atoms with E-state index in [1.165, 1.54) is 6.08 Å². The Hall–Kier alpha value is 0.170. The predicted molar refractivity (Wildman–Crippen MR) is 32.9 cm³/mol. The second kappa shape index (κ2) is 4.93. The van der Waals surface area contributed by atoms with Gasteiger partial charge in [-0.3, -0.25) is 0 Å². The van der Waals surface area contributed by atoms with Crippen LogP contribution in [0, 0.1) is 0 Å². The number of rotatable bonds is 1. The van der Waals surface area contributed by atoms with Crippen molar-refractivity contribution in [1.82, 2.24) is 0 Å². The topological polar surface area (TPSA) is 60.4 Å².